The van der Waals surface area contributed by atoms with E-state index in [9.17, 15) is 14.4 Å². The first-order valence-corrected chi connectivity index (χ1v) is 5.90. The average molecular weight is 266 g/mol. The number of nitrogens with two attached hydrogens (primary N) is 1. The number of anilines is 1. The Balaban J connectivity index is 2.54. The maximum absolute atomic E-state index is 11.6. The number of hydrogen-bond donors (Lipinski definition) is 2. The molecule has 0 saturated heterocycles. The van der Waals surface area contributed by atoms with Crippen LogP contribution in [-0.4, -0.2) is 41.4 Å². The van der Waals surface area contributed by atoms with Gasteiger partial charge in [0.1, 0.15) is 6.54 Å². The van der Waals surface area contributed by atoms with Gasteiger partial charge in [-0.2, -0.15) is 0 Å². The van der Waals surface area contributed by atoms with E-state index in [2.05, 4.69) is 5.32 Å². The van der Waals surface area contributed by atoms with Gasteiger partial charge in [0.25, 0.3) is 5.56 Å². The van der Waals surface area contributed by atoms with Gasteiger partial charge in [-0.25, -0.2) is 0 Å². The molecule has 0 aromatic carbocycles. The lowest BCUT2D eigenvalue weighted by atomic mass is 10.4. The van der Waals surface area contributed by atoms with Gasteiger partial charge in [-0.3, -0.25) is 14.4 Å². The Labute approximate surface area is 111 Å². The van der Waals surface area contributed by atoms with Crippen LogP contribution in [0.25, 0.3) is 0 Å². The zero-order valence-corrected chi connectivity index (χ0v) is 11.0. The summed E-state index contributed by atoms with van der Waals surface area (Å²) in [6.45, 7) is 2.17. The van der Waals surface area contributed by atoms with Gasteiger partial charge in [0.05, 0.1) is 6.54 Å². The number of hydrogen-bond acceptors (Lipinski definition) is 4. The standard InChI is InChI=1S/C12H18N4O3/c1-3-15(2)12(19)6-14-10(17)8-16-7-9(13)4-5-11(16)18/h4-5,7H,3,6,8,13H2,1-2H3,(H,14,17). The highest BCUT2D eigenvalue weighted by atomic mass is 16.2. The van der Waals surface area contributed by atoms with Crippen LogP contribution in [0.15, 0.2) is 23.1 Å². The fraction of sp³-hybridized carbons (Fsp3) is 0.417. The van der Waals surface area contributed by atoms with Crippen molar-refractivity contribution in [3.63, 3.8) is 0 Å². The number of amides is 2. The molecular weight excluding hydrogens is 248 g/mol. The fourth-order valence-electron chi connectivity index (χ4n) is 1.37. The minimum Gasteiger partial charge on any atom is -0.398 e. The number of nitrogens with zero attached hydrogens (tertiary/aromatic N) is 2. The molecule has 1 heterocycles. The third-order valence-electron chi connectivity index (χ3n) is 2.66. The number of rotatable bonds is 5. The van der Waals surface area contributed by atoms with Gasteiger partial charge in [-0.1, -0.05) is 0 Å². The molecule has 1 rings (SSSR count). The number of nitrogen functional groups attached to an aromatic ring is 1. The average Bonchev–Trinajstić information content (AvgIpc) is 2.39. The number of carbonyl (C=O) groups is 2. The smallest absolute Gasteiger partial charge is 0.251 e. The zero-order chi connectivity index (χ0) is 14.4. The lowest BCUT2D eigenvalue weighted by Gasteiger charge is -2.14. The Morgan fingerprint density at radius 3 is 2.74 bits per heavy atom. The van der Waals surface area contributed by atoms with Crippen molar-refractivity contribution in [2.24, 2.45) is 0 Å². The predicted octanol–water partition coefficient (Wildman–Crippen LogP) is -0.975. The molecule has 0 bridgehead atoms. The summed E-state index contributed by atoms with van der Waals surface area (Å²) < 4.78 is 1.19. The summed E-state index contributed by atoms with van der Waals surface area (Å²) in [7, 11) is 1.65. The minimum absolute atomic E-state index is 0.0831. The quantitative estimate of drug-likeness (QED) is 0.716. The molecule has 104 valence electrons. The summed E-state index contributed by atoms with van der Waals surface area (Å²) in [5.41, 5.74) is 5.61. The number of likely N-dealkylation sites (N-methyl/N-ethyl adjacent to an activating group) is 1. The normalized spacial score (nSPS) is 10.0. The SMILES string of the molecule is CCN(C)C(=O)CNC(=O)Cn1cc(N)ccc1=O. The molecule has 2 amide bonds. The Bertz CT molecular complexity index is 524. The van der Waals surface area contributed by atoms with Crippen molar-refractivity contribution in [3.05, 3.63) is 28.7 Å². The fourth-order valence-corrected chi connectivity index (χ4v) is 1.37. The van der Waals surface area contributed by atoms with Gasteiger partial charge in [-0.15, -0.1) is 0 Å². The van der Waals surface area contributed by atoms with E-state index >= 15 is 0 Å². The molecular formula is C12H18N4O3. The lowest BCUT2D eigenvalue weighted by molar-refractivity contribution is -0.131. The van der Waals surface area contributed by atoms with Gasteiger partial charge >= 0.3 is 0 Å². The molecule has 0 atom stereocenters. The van der Waals surface area contributed by atoms with Crippen LogP contribution in [0, 0.1) is 0 Å². The van der Waals surface area contributed by atoms with Crippen LogP contribution in [0.4, 0.5) is 5.69 Å². The molecule has 0 aliphatic heterocycles. The van der Waals surface area contributed by atoms with Crippen molar-refractivity contribution in [2.75, 3.05) is 25.9 Å². The molecule has 0 aliphatic rings. The molecule has 7 heteroatoms. The second kappa shape index (κ2) is 6.58. The molecule has 3 N–H and O–H groups in total. The van der Waals surface area contributed by atoms with E-state index in [4.69, 9.17) is 5.73 Å². The van der Waals surface area contributed by atoms with E-state index in [-0.39, 0.29) is 24.6 Å². The largest absolute Gasteiger partial charge is 0.398 e. The van der Waals surface area contributed by atoms with E-state index < -0.39 is 5.91 Å². The first kappa shape index (κ1) is 14.7. The molecule has 19 heavy (non-hydrogen) atoms. The molecule has 1 aromatic heterocycles. The number of carbonyl (C=O) groups excluding carboxylic acids is 2. The van der Waals surface area contributed by atoms with Crippen molar-refractivity contribution in [1.29, 1.82) is 0 Å². The highest BCUT2D eigenvalue weighted by Gasteiger charge is 2.09. The highest BCUT2D eigenvalue weighted by molar-refractivity contribution is 5.84. The Hall–Kier alpha value is -2.31. The van der Waals surface area contributed by atoms with Gasteiger partial charge in [-0.05, 0) is 13.0 Å². The maximum atomic E-state index is 11.6. The Morgan fingerprint density at radius 2 is 2.11 bits per heavy atom. The van der Waals surface area contributed by atoms with Crippen molar-refractivity contribution in [2.45, 2.75) is 13.5 Å². The summed E-state index contributed by atoms with van der Waals surface area (Å²) in [4.78, 5) is 36.0. The Kier molecular flexibility index (Phi) is 5.11. The monoisotopic (exact) mass is 266 g/mol. The van der Waals surface area contributed by atoms with Crippen molar-refractivity contribution < 1.29 is 9.59 Å². The summed E-state index contributed by atoms with van der Waals surface area (Å²) in [6, 6.07) is 2.76. The van der Waals surface area contributed by atoms with Gasteiger partial charge in [0.2, 0.25) is 11.8 Å². The van der Waals surface area contributed by atoms with Gasteiger partial charge in [0, 0.05) is 31.5 Å². The summed E-state index contributed by atoms with van der Waals surface area (Å²) in [5.74, 6) is -0.596. The minimum atomic E-state index is -0.412. The second-order valence-electron chi connectivity index (χ2n) is 4.11. The van der Waals surface area contributed by atoms with Crippen LogP contribution in [0.1, 0.15) is 6.92 Å². The third-order valence-corrected chi connectivity index (χ3v) is 2.66. The second-order valence-corrected chi connectivity index (χ2v) is 4.11. The molecule has 0 aliphatic carbocycles. The first-order valence-electron chi connectivity index (χ1n) is 5.90. The number of nitrogens with one attached hydrogen (secondary N) is 1. The maximum Gasteiger partial charge on any atom is 0.251 e. The van der Waals surface area contributed by atoms with E-state index in [0.717, 1.165) is 0 Å². The van der Waals surface area contributed by atoms with Gasteiger partial charge < -0.3 is 20.5 Å². The first-order chi connectivity index (χ1) is 8.93. The van der Waals surface area contributed by atoms with Crippen LogP contribution in [0.2, 0.25) is 0 Å². The summed E-state index contributed by atoms with van der Waals surface area (Å²) >= 11 is 0. The molecule has 0 spiro atoms. The van der Waals surface area contributed by atoms with Crippen molar-refractivity contribution in [1.82, 2.24) is 14.8 Å². The van der Waals surface area contributed by atoms with Crippen molar-refractivity contribution in [3.8, 4) is 0 Å². The number of aromatic nitrogens is 1. The summed E-state index contributed by atoms with van der Waals surface area (Å²) in [6.07, 6.45) is 1.39. The lowest BCUT2D eigenvalue weighted by Crippen LogP contribution is -2.40. The highest BCUT2D eigenvalue weighted by Crippen LogP contribution is 1.95. The Morgan fingerprint density at radius 1 is 1.42 bits per heavy atom. The van der Waals surface area contributed by atoms with Crippen LogP contribution in [0.3, 0.4) is 0 Å². The van der Waals surface area contributed by atoms with Crippen LogP contribution < -0.4 is 16.6 Å². The topological polar surface area (TPSA) is 97.4 Å². The molecule has 0 saturated carbocycles. The number of pyridine rings is 1. The molecule has 0 fully saturated rings. The molecule has 7 nitrogen and oxygen atoms in total. The zero-order valence-electron chi connectivity index (χ0n) is 11.0. The van der Waals surface area contributed by atoms with E-state index in [1.165, 1.54) is 27.8 Å². The van der Waals surface area contributed by atoms with Crippen molar-refractivity contribution >= 4 is 17.5 Å². The predicted molar refractivity (Wildman–Crippen MR) is 71.4 cm³/mol. The van der Waals surface area contributed by atoms with E-state index in [0.29, 0.717) is 12.2 Å². The van der Waals surface area contributed by atoms with E-state index in [1.807, 2.05) is 6.92 Å². The summed E-state index contributed by atoms with van der Waals surface area (Å²) in [5, 5.41) is 2.46. The van der Waals surface area contributed by atoms with Crippen LogP contribution >= 0.6 is 0 Å². The van der Waals surface area contributed by atoms with E-state index in [1.54, 1.807) is 7.05 Å². The van der Waals surface area contributed by atoms with Crippen LogP contribution in [0.5, 0.6) is 0 Å². The molecule has 1 aromatic rings. The molecule has 0 unspecified atom stereocenters. The molecule has 0 radical (unpaired) electrons. The van der Waals surface area contributed by atoms with Gasteiger partial charge in [0.15, 0.2) is 0 Å². The third kappa shape index (κ3) is 4.46. The van der Waals surface area contributed by atoms with Crippen LogP contribution in [-0.2, 0) is 16.1 Å².